The van der Waals surface area contributed by atoms with E-state index in [2.05, 4.69) is 9.97 Å². The van der Waals surface area contributed by atoms with Crippen LogP contribution in [0.25, 0.3) is 0 Å². The van der Waals surface area contributed by atoms with Gasteiger partial charge in [-0.25, -0.2) is 22.1 Å². The Morgan fingerprint density at radius 1 is 1.14 bits per heavy atom. The first-order valence-corrected chi connectivity index (χ1v) is 16.0. The monoisotopic (exact) mass is 656 g/mol. The van der Waals surface area contributed by atoms with Crippen molar-refractivity contribution in [2.75, 3.05) is 33.5 Å². The molecule has 2 heterocycles. The number of rotatable bonds is 13. The first-order chi connectivity index (χ1) is 20.6. The van der Waals surface area contributed by atoms with Crippen LogP contribution in [0.1, 0.15) is 56.5 Å². The average Bonchev–Trinajstić information content (AvgIpc) is 3.68. The normalized spacial score (nSPS) is 14.5. The molecule has 238 valence electrons. The molecular weight excluding hydrogens is 624 g/mol. The molecule has 0 unspecified atom stereocenters. The Balaban J connectivity index is 1.58. The van der Waals surface area contributed by atoms with Crippen molar-refractivity contribution in [3.05, 3.63) is 74.7 Å². The number of amides is 1. The second-order valence-corrected chi connectivity index (χ2v) is 14.2. The number of pyridine rings is 1. The molecule has 1 amide bonds. The number of Topliss-reactive ketones (excluding diaryl/α,β-unsaturated/α-hetero) is 1. The van der Waals surface area contributed by atoms with Gasteiger partial charge in [0.25, 0.3) is 0 Å². The van der Waals surface area contributed by atoms with E-state index in [1.807, 2.05) is 0 Å². The molecule has 0 spiro atoms. The maximum Gasteiger partial charge on any atom is 0.416 e. The zero-order chi connectivity index (χ0) is 32.4. The lowest BCUT2D eigenvalue weighted by Gasteiger charge is -2.27. The van der Waals surface area contributed by atoms with Crippen LogP contribution in [0.5, 0.6) is 5.75 Å². The lowest BCUT2D eigenvalue weighted by molar-refractivity contribution is -0.137. The van der Waals surface area contributed by atoms with E-state index < -0.39 is 44.5 Å². The second kappa shape index (κ2) is 12.9. The summed E-state index contributed by atoms with van der Waals surface area (Å²) >= 11 is 1.14. The topological polar surface area (TPSA) is 110 Å². The number of carbonyl (C=O) groups is 2. The minimum atomic E-state index is -4.63. The highest BCUT2D eigenvalue weighted by molar-refractivity contribution is 7.89. The van der Waals surface area contributed by atoms with E-state index in [0.29, 0.717) is 40.2 Å². The molecule has 0 aliphatic heterocycles. The molecule has 1 aromatic carbocycles. The third kappa shape index (κ3) is 7.44. The number of hydrogen-bond donors (Lipinski definition) is 0. The summed E-state index contributed by atoms with van der Waals surface area (Å²) in [6.45, 7) is 1.65. The number of aryl methyl sites for hydroxylation is 2. The highest BCUT2D eigenvalue weighted by atomic mass is 32.2. The predicted octanol–water partition coefficient (Wildman–Crippen LogP) is 4.78. The summed E-state index contributed by atoms with van der Waals surface area (Å²) < 4.78 is 84.7. The lowest BCUT2D eigenvalue weighted by Crippen LogP contribution is -2.40. The maximum atomic E-state index is 14.4. The van der Waals surface area contributed by atoms with E-state index >= 15 is 0 Å². The van der Waals surface area contributed by atoms with Crippen LogP contribution >= 0.6 is 11.3 Å². The zero-order valence-corrected chi connectivity index (χ0v) is 26.2. The van der Waals surface area contributed by atoms with Crippen LogP contribution in [0.2, 0.25) is 0 Å². The van der Waals surface area contributed by atoms with Crippen molar-refractivity contribution >= 4 is 33.1 Å². The van der Waals surface area contributed by atoms with Crippen LogP contribution in [-0.2, 0) is 39.4 Å². The number of thiazole rings is 1. The molecule has 1 fully saturated rings. The van der Waals surface area contributed by atoms with Crippen molar-refractivity contribution in [1.29, 1.82) is 0 Å². The summed E-state index contributed by atoms with van der Waals surface area (Å²) in [5.41, 5.74) is -1.47. The number of hydrogen-bond acceptors (Lipinski definition) is 8. The number of benzene rings is 1. The van der Waals surface area contributed by atoms with E-state index in [9.17, 15) is 35.6 Å². The molecule has 0 bridgehead atoms. The van der Waals surface area contributed by atoms with Gasteiger partial charge in [-0.1, -0.05) is 0 Å². The van der Waals surface area contributed by atoms with Crippen molar-refractivity contribution < 1.29 is 40.3 Å². The summed E-state index contributed by atoms with van der Waals surface area (Å²) in [5, 5.41) is 0.380. The van der Waals surface area contributed by atoms with Crippen LogP contribution in [-0.4, -0.2) is 72.8 Å². The van der Waals surface area contributed by atoms with Gasteiger partial charge in [0.05, 0.1) is 36.5 Å². The molecule has 0 radical (unpaired) electrons. The molecule has 0 N–H and O–H groups in total. The quantitative estimate of drug-likeness (QED) is 0.193. The fraction of sp³-hybridized carbons (Fsp3) is 0.448. The molecule has 1 aliphatic carbocycles. The Morgan fingerprint density at radius 2 is 1.84 bits per heavy atom. The third-order valence-corrected chi connectivity index (χ3v) is 10.2. The van der Waals surface area contributed by atoms with Gasteiger partial charge < -0.3 is 9.64 Å². The highest BCUT2D eigenvalue weighted by Gasteiger charge is 2.54. The van der Waals surface area contributed by atoms with Crippen LogP contribution in [0.15, 0.2) is 36.5 Å². The summed E-state index contributed by atoms with van der Waals surface area (Å²) in [5.74, 6) is -1.98. The largest absolute Gasteiger partial charge is 0.495 e. The molecule has 9 nitrogen and oxygen atoms in total. The second-order valence-electron chi connectivity index (χ2n) is 10.8. The van der Waals surface area contributed by atoms with Gasteiger partial charge in [-0.3, -0.25) is 14.6 Å². The minimum Gasteiger partial charge on any atom is -0.495 e. The number of halogens is 4. The van der Waals surface area contributed by atoms with Crippen molar-refractivity contribution in [2.45, 2.75) is 50.7 Å². The van der Waals surface area contributed by atoms with Gasteiger partial charge in [0, 0.05) is 25.5 Å². The van der Waals surface area contributed by atoms with Gasteiger partial charge >= 0.3 is 6.18 Å². The predicted molar refractivity (Wildman–Crippen MR) is 155 cm³/mol. The Bertz CT molecular complexity index is 1640. The Hall–Kier alpha value is -3.43. The first-order valence-electron chi connectivity index (χ1n) is 13.6. The maximum absolute atomic E-state index is 14.4. The van der Waals surface area contributed by atoms with Gasteiger partial charge in [-0.2, -0.15) is 13.2 Å². The van der Waals surface area contributed by atoms with Crippen LogP contribution in [0, 0.1) is 12.7 Å². The number of ether oxygens (including phenoxy) is 1. The summed E-state index contributed by atoms with van der Waals surface area (Å²) in [6, 6.07) is 5.63. The van der Waals surface area contributed by atoms with E-state index in [4.69, 9.17) is 4.74 Å². The SMILES string of the molecule is COc1ccc(C2(C(=O)N(CCCc3cc(C(F)(F)F)ccc3F)Cc3nc(C(=O)CS(=O)(=O)N(C)C)c(C)s3)CC2)nc1. The first kappa shape index (κ1) is 33.5. The molecule has 3 aromatic rings. The lowest BCUT2D eigenvalue weighted by atomic mass is 9.99. The Kier molecular flexibility index (Phi) is 9.81. The molecule has 15 heteroatoms. The number of carbonyl (C=O) groups excluding carboxylic acids is 2. The fourth-order valence-corrected chi connectivity index (χ4v) is 6.44. The van der Waals surface area contributed by atoms with Crippen LogP contribution in [0.4, 0.5) is 17.6 Å². The standard InChI is InChI=1S/C29H32F4N4O5S2/c1-18-26(23(38)17-44(40,41)36(2)3)35-25(43-18)16-37(13-5-6-19-14-20(29(31,32)33)7-9-22(19)30)27(39)28(11-12-28)24-10-8-21(42-4)15-34-24/h7-10,14-15H,5-6,11-13,16-17H2,1-4H3. The van der Waals surface area contributed by atoms with Gasteiger partial charge in [0.15, 0.2) is 5.78 Å². The summed E-state index contributed by atoms with van der Waals surface area (Å²) in [6.07, 6.45) is -1.99. The molecule has 2 aromatic heterocycles. The van der Waals surface area contributed by atoms with Gasteiger partial charge in [0.1, 0.15) is 28.0 Å². The minimum absolute atomic E-state index is 0.00758. The number of alkyl halides is 3. The van der Waals surface area contributed by atoms with Gasteiger partial charge in [-0.05, 0) is 68.5 Å². The molecular formula is C29H32F4N4O5S2. The average molecular weight is 657 g/mol. The van der Waals surface area contributed by atoms with Crippen molar-refractivity contribution in [2.24, 2.45) is 0 Å². The summed E-state index contributed by atoms with van der Waals surface area (Å²) in [7, 11) is 0.314. The van der Waals surface area contributed by atoms with Crippen molar-refractivity contribution in [3.8, 4) is 5.75 Å². The number of methoxy groups -OCH3 is 1. The fourth-order valence-electron chi connectivity index (χ4n) is 4.75. The molecule has 4 rings (SSSR count). The van der Waals surface area contributed by atoms with Gasteiger partial charge in [-0.15, -0.1) is 11.3 Å². The summed E-state index contributed by atoms with van der Waals surface area (Å²) in [4.78, 5) is 37.6. The zero-order valence-electron chi connectivity index (χ0n) is 24.6. The molecule has 1 saturated carbocycles. The number of nitrogens with zero attached hydrogens (tertiary/aromatic N) is 4. The van der Waals surface area contributed by atoms with Crippen LogP contribution < -0.4 is 4.74 Å². The van der Waals surface area contributed by atoms with Crippen molar-refractivity contribution in [3.63, 3.8) is 0 Å². The Morgan fingerprint density at radius 3 is 2.41 bits per heavy atom. The van der Waals surface area contributed by atoms with E-state index in [1.165, 1.54) is 32.3 Å². The molecule has 0 atom stereocenters. The highest BCUT2D eigenvalue weighted by Crippen LogP contribution is 2.49. The van der Waals surface area contributed by atoms with Crippen LogP contribution in [0.3, 0.4) is 0 Å². The Labute approximate surface area is 256 Å². The van der Waals surface area contributed by atoms with Crippen molar-refractivity contribution in [1.82, 2.24) is 19.2 Å². The number of aromatic nitrogens is 2. The smallest absolute Gasteiger partial charge is 0.416 e. The third-order valence-electron chi connectivity index (χ3n) is 7.46. The van der Waals surface area contributed by atoms with E-state index in [0.717, 1.165) is 27.8 Å². The molecule has 1 aliphatic rings. The van der Waals surface area contributed by atoms with E-state index in [-0.39, 0.29) is 43.1 Å². The van der Waals surface area contributed by atoms with Gasteiger partial charge in [0.2, 0.25) is 15.9 Å². The van der Waals surface area contributed by atoms with E-state index in [1.54, 1.807) is 19.1 Å². The molecule has 44 heavy (non-hydrogen) atoms. The molecule has 0 saturated heterocycles. The number of ketones is 1. The number of sulfonamides is 1.